The lowest BCUT2D eigenvalue weighted by Crippen LogP contribution is -2.31. The van der Waals surface area contributed by atoms with Crippen LogP contribution < -0.4 is 0 Å². The van der Waals surface area contributed by atoms with E-state index in [1.54, 1.807) is 18.6 Å². The monoisotopic (exact) mass is 343 g/mol. The number of amides is 1. The van der Waals surface area contributed by atoms with Crippen molar-refractivity contribution in [1.82, 2.24) is 14.9 Å². The van der Waals surface area contributed by atoms with Crippen molar-refractivity contribution in [2.75, 3.05) is 0 Å². The zero-order valence-electron chi connectivity index (χ0n) is 14.5. The minimum absolute atomic E-state index is 0.0795. The van der Waals surface area contributed by atoms with Crippen molar-refractivity contribution in [1.29, 1.82) is 0 Å². The number of carbonyl (C=O) groups excluding carboxylic acids is 1. The Bertz CT molecular complexity index is 811. The molecule has 1 aliphatic carbocycles. The molecule has 4 rings (SSSR count). The molecular formula is C22H21N3O. The topological polar surface area (TPSA) is 46.1 Å². The minimum atomic E-state index is 0.0795. The van der Waals surface area contributed by atoms with E-state index in [-0.39, 0.29) is 11.8 Å². The van der Waals surface area contributed by atoms with E-state index in [0.29, 0.717) is 19.0 Å². The average molecular weight is 343 g/mol. The highest BCUT2D eigenvalue weighted by molar-refractivity contribution is 5.83. The molecule has 2 atom stereocenters. The number of carbonyl (C=O) groups is 1. The van der Waals surface area contributed by atoms with Gasteiger partial charge in [-0.25, -0.2) is 0 Å². The number of benzene rings is 1. The molecule has 2 heterocycles. The fraction of sp³-hybridized carbons (Fsp3) is 0.227. The van der Waals surface area contributed by atoms with Gasteiger partial charge in [0.05, 0.1) is 0 Å². The SMILES string of the molecule is O=C([C@H]1C[C@@H]1c1ccccc1)N(Cc1ccncc1)Cc1cccnc1. The lowest BCUT2D eigenvalue weighted by molar-refractivity contribution is -0.134. The van der Waals surface area contributed by atoms with Gasteiger partial charge in [0.15, 0.2) is 0 Å². The second-order valence-corrected chi connectivity index (χ2v) is 6.77. The van der Waals surface area contributed by atoms with Gasteiger partial charge in [-0.05, 0) is 47.2 Å². The maximum absolute atomic E-state index is 13.2. The van der Waals surface area contributed by atoms with Crippen molar-refractivity contribution in [3.05, 3.63) is 96.1 Å². The molecule has 130 valence electrons. The highest BCUT2D eigenvalue weighted by Gasteiger charge is 2.45. The molecule has 1 fully saturated rings. The van der Waals surface area contributed by atoms with Crippen molar-refractivity contribution in [3.63, 3.8) is 0 Å². The molecule has 4 heteroatoms. The first-order valence-corrected chi connectivity index (χ1v) is 8.93. The highest BCUT2D eigenvalue weighted by atomic mass is 16.2. The summed E-state index contributed by atoms with van der Waals surface area (Å²) in [6.07, 6.45) is 8.06. The Balaban J connectivity index is 1.51. The Morgan fingerprint density at radius 2 is 1.65 bits per heavy atom. The minimum Gasteiger partial charge on any atom is -0.334 e. The molecule has 0 bridgehead atoms. The molecule has 0 radical (unpaired) electrons. The quantitative estimate of drug-likeness (QED) is 0.684. The molecule has 0 unspecified atom stereocenters. The van der Waals surface area contributed by atoms with Crippen LogP contribution in [-0.2, 0) is 17.9 Å². The van der Waals surface area contributed by atoms with Crippen molar-refractivity contribution in [3.8, 4) is 0 Å². The van der Waals surface area contributed by atoms with Crippen LogP contribution in [0.3, 0.4) is 0 Å². The van der Waals surface area contributed by atoms with Gasteiger partial charge in [-0.2, -0.15) is 0 Å². The Labute approximate surface area is 153 Å². The molecular weight excluding hydrogens is 322 g/mol. The summed E-state index contributed by atoms with van der Waals surface area (Å²) in [6.45, 7) is 1.17. The zero-order chi connectivity index (χ0) is 17.8. The summed E-state index contributed by atoms with van der Waals surface area (Å²) in [5, 5.41) is 0. The van der Waals surface area contributed by atoms with Gasteiger partial charge in [-0.1, -0.05) is 36.4 Å². The van der Waals surface area contributed by atoms with Crippen LogP contribution in [0, 0.1) is 5.92 Å². The number of hydrogen-bond acceptors (Lipinski definition) is 3. The first-order chi connectivity index (χ1) is 12.8. The molecule has 3 aromatic rings. The van der Waals surface area contributed by atoms with E-state index < -0.39 is 0 Å². The van der Waals surface area contributed by atoms with Gasteiger partial charge in [0, 0.05) is 43.8 Å². The molecule has 0 N–H and O–H groups in total. The van der Waals surface area contributed by atoms with Crippen LogP contribution in [0.25, 0.3) is 0 Å². The standard InChI is InChI=1S/C22H21N3O/c26-22(21-13-20(21)19-6-2-1-3-7-19)25(15-17-8-11-23-12-9-17)16-18-5-4-10-24-14-18/h1-12,14,20-21H,13,15-16H2/t20-,21+/m1/s1. The Hall–Kier alpha value is -3.01. The maximum Gasteiger partial charge on any atom is 0.226 e. The molecule has 0 spiro atoms. The maximum atomic E-state index is 13.2. The van der Waals surface area contributed by atoms with Gasteiger partial charge in [0.2, 0.25) is 5.91 Å². The molecule has 0 aliphatic heterocycles. The molecule has 1 aliphatic rings. The third kappa shape index (κ3) is 3.80. The lowest BCUT2D eigenvalue weighted by atomic mass is 10.1. The smallest absolute Gasteiger partial charge is 0.226 e. The largest absolute Gasteiger partial charge is 0.334 e. The van der Waals surface area contributed by atoms with E-state index in [9.17, 15) is 4.79 Å². The average Bonchev–Trinajstić information content (AvgIpc) is 3.50. The summed E-state index contributed by atoms with van der Waals surface area (Å²) < 4.78 is 0. The van der Waals surface area contributed by atoms with Gasteiger partial charge >= 0.3 is 0 Å². The van der Waals surface area contributed by atoms with Crippen LogP contribution >= 0.6 is 0 Å². The number of aromatic nitrogens is 2. The van der Waals surface area contributed by atoms with Gasteiger partial charge in [-0.15, -0.1) is 0 Å². The van der Waals surface area contributed by atoms with Crippen molar-refractivity contribution in [2.24, 2.45) is 5.92 Å². The van der Waals surface area contributed by atoms with E-state index in [1.807, 2.05) is 53.6 Å². The van der Waals surface area contributed by atoms with E-state index in [2.05, 4.69) is 22.1 Å². The fourth-order valence-electron chi connectivity index (χ4n) is 3.40. The van der Waals surface area contributed by atoms with Crippen LogP contribution in [0.2, 0.25) is 0 Å². The molecule has 0 saturated heterocycles. The third-order valence-corrected chi connectivity index (χ3v) is 4.87. The first-order valence-electron chi connectivity index (χ1n) is 8.93. The van der Waals surface area contributed by atoms with E-state index >= 15 is 0 Å². The molecule has 1 aromatic carbocycles. The van der Waals surface area contributed by atoms with Crippen molar-refractivity contribution >= 4 is 5.91 Å². The Morgan fingerprint density at radius 1 is 0.885 bits per heavy atom. The van der Waals surface area contributed by atoms with Crippen molar-refractivity contribution in [2.45, 2.75) is 25.4 Å². The number of hydrogen-bond donors (Lipinski definition) is 0. The number of pyridine rings is 2. The van der Waals surface area contributed by atoms with Gasteiger partial charge in [-0.3, -0.25) is 14.8 Å². The van der Waals surface area contributed by atoms with E-state index in [4.69, 9.17) is 0 Å². The number of rotatable bonds is 6. The van der Waals surface area contributed by atoms with Crippen LogP contribution in [0.4, 0.5) is 0 Å². The normalized spacial score (nSPS) is 18.3. The second kappa shape index (κ2) is 7.48. The second-order valence-electron chi connectivity index (χ2n) is 6.77. The van der Waals surface area contributed by atoms with Crippen LogP contribution in [-0.4, -0.2) is 20.8 Å². The summed E-state index contributed by atoms with van der Waals surface area (Å²) in [5.74, 6) is 0.646. The van der Waals surface area contributed by atoms with E-state index in [1.165, 1.54) is 5.56 Å². The van der Waals surface area contributed by atoms with Gasteiger partial charge < -0.3 is 4.90 Å². The molecule has 4 nitrogen and oxygen atoms in total. The Kier molecular flexibility index (Phi) is 4.73. The van der Waals surface area contributed by atoms with E-state index in [0.717, 1.165) is 17.5 Å². The van der Waals surface area contributed by atoms with Crippen LogP contribution in [0.15, 0.2) is 79.4 Å². The van der Waals surface area contributed by atoms with Gasteiger partial charge in [0.1, 0.15) is 0 Å². The molecule has 2 aromatic heterocycles. The van der Waals surface area contributed by atoms with Gasteiger partial charge in [0.25, 0.3) is 0 Å². The highest BCUT2D eigenvalue weighted by Crippen LogP contribution is 2.48. The number of nitrogens with zero attached hydrogens (tertiary/aromatic N) is 3. The Morgan fingerprint density at radius 3 is 2.38 bits per heavy atom. The van der Waals surface area contributed by atoms with Crippen LogP contribution in [0.5, 0.6) is 0 Å². The fourth-order valence-corrected chi connectivity index (χ4v) is 3.40. The summed E-state index contributed by atoms with van der Waals surface area (Å²) in [5.41, 5.74) is 3.40. The summed E-state index contributed by atoms with van der Waals surface area (Å²) in [6, 6.07) is 18.2. The summed E-state index contributed by atoms with van der Waals surface area (Å²) >= 11 is 0. The lowest BCUT2D eigenvalue weighted by Gasteiger charge is -2.23. The predicted molar refractivity (Wildman–Crippen MR) is 100 cm³/mol. The third-order valence-electron chi connectivity index (χ3n) is 4.87. The summed E-state index contributed by atoms with van der Waals surface area (Å²) in [4.78, 5) is 23.4. The molecule has 26 heavy (non-hydrogen) atoms. The molecule has 1 saturated carbocycles. The predicted octanol–water partition coefficient (Wildman–Crippen LogP) is 3.81. The van der Waals surface area contributed by atoms with Crippen LogP contribution in [0.1, 0.15) is 29.0 Å². The zero-order valence-corrected chi connectivity index (χ0v) is 14.5. The summed E-state index contributed by atoms with van der Waals surface area (Å²) in [7, 11) is 0. The first kappa shape index (κ1) is 16.5. The van der Waals surface area contributed by atoms with Crippen molar-refractivity contribution < 1.29 is 4.79 Å². The molecule has 1 amide bonds.